The molecule has 0 bridgehead atoms. The van der Waals surface area contributed by atoms with Crippen molar-refractivity contribution in [2.45, 2.75) is 71.9 Å². The molecule has 0 saturated heterocycles. The predicted molar refractivity (Wildman–Crippen MR) is 84.9 cm³/mol. The van der Waals surface area contributed by atoms with E-state index in [1.54, 1.807) is 0 Å². The molecular formula is C17H31N3. The molecule has 0 aliphatic heterocycles. The van der Waals surface area contributed by atoms with Crippen molar-refractivity contribution in [3.05, 3.63) is 18.0 Å². The molecule has 0 spiro atoms. The summed E-state index contributed by atoms with van der Waals surface area (Å²) in [5.41, 5.74) is 1.26. The van der Waals surface area contributed by atoms with Crippen molar-refractivity contribution in [2.75, 3.05) is 6.54 Å². The van der Waals surface area contributed by atoms with Crippen LogP contribution in [0.25, 0.3) is 0 Å². The third-order valence-corrected chi connectivity index (χ3v) is 4.71. The number of nitrogens with zero attached hydrogens (tertiary/aromatic N) is 2. The number of aromatic nitrogens is 2. The minimum absolute atomic E-state index is 0.575. The van der Waals surface area contributed by atoms with Crippen molar-refractivity contribution in [1.82, 2.24) is 15.1 Å². The van der Waals surface area contributed by atoms with E-state index in [1.165, 1.54) is 31.4 Å². The van der Waals surface area contributed by atoms with Crippen LogP contribution in [-0.2, 0) is 6.42 Å². The fourth-order valence-electron chi connectivity index (χ4n) is 3.01. The molecule has 1 aliphatic carbocycles. The van der Waals surface area contributed by atoms with Gasteiger partial charge in [-0.25, -0.2) is 0 Å². The fraction of sp³-hybridized carbons (Fsp3) is 0.824. The average Bonchev–Trinajstić information content (AvgIpc) is 3.05. The summed E-state index contributed by atoms with van der Waals surface area (Å²) in [6.45, 7) is 10.2. The number of hydrogen-bond donors (Lipinski definition) is 1. The standard InChI is InChI=1S/C17H31N3/c1-13(2)18-12-15(4)14(3)11-16-9-10-20(19-16)17-7-5-6-8-17/h9-10,13-15,17-18H,5-8,11-12H2,1-4H3. The minimum Gasteiger partial charge on any atom is -0.314 e. The van der Waals surface area contributed by atoms with Gasteiger partial charge in [-0.3, -0.25) is 4.68 Å². The lowest BCUT2D eigenvalue weighted by Crippen LogP contribution is -2.31. The van der Waals surface area contributed by atoms with Crippen LogP contribution in [0.2, 0.25) is 0 Å². The van der Waals surface area contributed by atoms with Gasteiger partial charge in [0.1, 0.15) is 0 Å². The van der Waals surface area contributed by atoms with Crippen LogP contribution < -0.4 is 5.32 Å². The lowest BCUT2D eigenvalue weighted by atomic mass is 9.91. The quantitative estimate of drug-likeness (QED) is 0.821. The summed E-state index contributed by atoms with van der Waals surface area (Å²) in [5, 5.41) is 8.34. The summed E-state index contributed by atoms with van der Waals surface area (Å²) in [4.78, 5) is 0. The van der Waals surface area contributed by atoms with Crippen LogP contribution in [0.4, 0.5) is 0 Å². The Labute approximate surface area is 124 Å². The maximum absolute atomic E-state index is 4.81. The van der Waals surface area contributed by atoms with Crippen molar-refractivity contribution >= 4 is 0 Å². The molecule has 2 rings (SSSR count). The molecule has 1 N–H and O–H groups in total. The van der Waals surface area contributed by atoms with Crippen LogP contribution in [0.3, 0.4) is 0 Å². The Balaban J connectivity index is 1.82. The van der Waals surface area contributed by atoms with Crippen LogP contribution in [-0.4, -0.2) is 22.4 Å². The van der Waals surface area contributed by atoms with Gasteiger partial charge < -0.3 is 5.32 Å². The van der Waals surface area contributed by atoms with Gasteiger partial charge in [0.25, 0.3) is 0 Å². The summed E-state index contributed by atoms with van der Waals surface area (Å²) >= 11 is 0. The number of rotatable bonds is 7. The molecule has 0 radical (unpaired) electrons. The normalized spacial score (nSPS) is 19.6. The Morgan fingerprint density at radius 2 is 1.90 bits per heavy atom. The van der Waals surface area contributed by atoms with Crippen LogP contribution in [0.5, 0.6) is 0 Å². The second-order valence-corrected chi connectivity index (χ2v) is 6.95. The molecular weight excluding hydrogens is 246 g/mol. The number of nitrogens with one attached hydrogen (secondary N) is 1. The van der Waals surface area contributed by atoms with E-state index in [0.29, 0.717) is 23.9 Å². The molecule has 1 fully saturated rings. The lowest BCUT2D eigenvalue weighted by molar-refractivity contribution is 0.349. The van der Waals surface area contributed by atoms with Gasteiger partial charge >= 0.3 is 0 Å². The first-order valence-corrected chi connectivity index (χ1v) is 8.33. The maximum atomic E-state index is 4.81. The molecule has 0 amide bonds. The van der Waals surface area contributed by atoms with Gasteiger partial charge in [-0.1, -0.05) is 40.5 Å². The van der Waals surface area contributed by atoms with Gasteiger partial charge in [0.05, 0.1) is 11.7 Å². The van der Waals surface area contributed by atoms with E-state index in [0.717, 1.165) is 13.0 Å². The highest BCUT2D eigenvalue weighted by atomic mass is 15.3. The third kappa shape index (κ3) is 4.34. The zero-order valence-corrected chi connectivity index (χ0v) is 13.6. The molecule has 20 heavy (non-hydrogen) atoms. The van der Waals surface area contributed by atoms with E-state index >= 15 is 0 Å². The molecule has 3 heteroatoms. The molecule has 2 atom stereocenters. The highest BCUT2D eigenvalue weighted by molar-refractivity contribution is 5.01. The van der Waals surface area contributed by atoms with Crippen molar-refractivity contribution in [3.8, 4) is 0 Å². The van der Waals surface area contributed by atoms with E-state index < -0.39 is 0 Å². The highest BCUT2D eigenvalue weighted by Gasteiger charge is 2.19. The monoisotopic (exact) mass is 277 g/mol. The summed E-state index contributed by atoms with van der Waals surface area (Å²) in [7, 11) is 0. The second kappa shape index (κ2) is 7.26. The zero-order valence-electron chi connectivity index (χ0n) is 13.6. The van der Waals surface area contributed by atoms with Crippen molar-refractivity contribution < 1.29 is 0 Å². The fourth-order valence-corrected chi connectivity index (χ4v) is 3.01. The first kappa shape index (κ1) is 15.6. The van der Waals surface area contributed by atoms with Crippen molar-refractivity contribution in [2.24, 2.45) is 11.8 Å². The van der Waals surface area contributed by atoms with Gasteiger partial charge in [-0.15, -0.1) is 0 Å². The van der Waals surface area contributed by atoms with E-state index in [9.17, 15) is 0 Å². The molecule has 1 heterocycles. The van der Waals surface area contributed by atoms with Gasteiger partial charge in [0, 0.05) is 12.2 Å². The second-order valence-electron chi connectivity index (χ2n) is 6.95. The molecule has 1 aliphatic rings. The largest absolute Gasteiger partial charge is 0.314 e. The molecule has 3 nitrogen and oxygen atoms in total. The summed E-state index contributed by atoms with van der Waals surface area (Å²) < 4.78 is 2.21. The smallest absolute Gasteiger partial charge is 0.0627 e. The first-order chi connectivity index (χ1) is 9.56. The summed E-state index contributed by atoms with van der Waals surface area (Å²) in [6.07, 6.45) is 8.65. The van der Waals surface area contributed by atoms with Crippen LogP contribution >= 0.6 is 0 Å². The first-order valence-electron chi connectivity index (χ1n) is 8.33. The van der Waals surface area contributed by atoms with Crippen LogP contribution in [0.1, 0.15) is 65.1 Å². The van der Waals surface area contributed by atoms with Gasteiger partial charge in [-0.05, 0) is 43.7 Å². The van der Waals surface area contributed by atoms with Crippen LogP contribution in [0, 0.1) is 11.8 Å². The van der Waals surface area contributed by atoms with Crippen molar-refractivity contribution in [3.63, 3.8) is 0 Å². The average molecular weight is 277 g/mol. The molecule has 2 unspecified atom stereocenters. The zero-order chi connectivity index (χ0) is 14.5. The van der Waals surface area contributed by atoms with Gasteiger partial charge in [0.2, 0.25) is 0 Å². The maximum Gasteiger partial charge on any atom is 0.0627 e. The SMILES string of the molecule is CC(C)NCC(C)C(C)Cc1ccn(C2CCCC2)n1. The van der Waals surface area contributed by atoms with E-state index in [-0.39, 0.29) is 0 Å². The number of hydrogen-bond acceptors (Lipinski definition) is 2. The topological polar surface area (TPSA) is 29.9 Å². The third-order valence-electron chi connectivity index (χ3n) is 4.71. The minimum atomic E-state index is 0.575. The molecule has 1 saturated carbocycles. The molecule has 114 valence electrons. The van der Waals surface area contributed by atoms with Gasteiger partial charge in [0.15, 0.2) is 0 Å². The van der Waals surface area contributed by atoms with Crippen LogP contribution in [0.15, 0.2) is 12.3 Å². The lowest BCUT2D eigenvalue weighted by Gasteiger charge is -2.21. The summed E-state index contributed by atoms with van der Waals surface area (Å²) in [5.74, 6) is 1.36. The van der Waals surface area contributed by atoms with E-state index in [4.69, 9.17) is 5.10 Å². The Hall–Kier alpha value is -0.830. The summed E-state index contributed by atoms with van der Waals surface area (Å²) in [6, 6.07) is 3.46. The Morgan fingerprint density at radius 3 is 2.55 bits per heavy atom. The van der Waals surface area contributed by atoms with E-state index in [1.807, 2.05) is 0 Å². The van der Waals surface area contributed by atoms with Gasteiger partial charge in [-0.2, -0.15) is 5.10 Å². The molecule has 0 aromatic carbocycles. The Morgan fingerprint density at radius 1 is 1.20 bits per heavy atom. The predicted octanol–water partition coefficient (Wildman–Crippen LogP) is 3.81. The highest BCUT2D eigenvalue weighted by Crippen LogP contribution is 2.29. The molecule has 1 aromatic rings. The molecule has 1 aromatic heterocycles. The van der Waals surface area contributed by atoms with E-state index in [2.05, 4.69) is 50.0 Å². The van der Waals surface area contributed by atoms with Crippen molar-refractivity contribution in [1.29, 1.82) is 0 Å². The Kier molecular flexibility index (Phi) is 5.64. The Bertz CT molecular complexity index is 391.